The molecule has 0 aliphatic heterocycles. The Morgan fingerprint density at radius 2 is 2.00 bits per heavy atom. The number of nitrogens with zero attached hydrogens (tertiary/aromatic N) is 2. The average Bonchev–Trinajstić information content (AvgIpc) is 3.08. The van der Waals surface area contributed by atoms with Crippen molar-refractivity contribution in [3.63, 3.8) is 0 Å². The summed E-state index contributed by atoms with van der Waals surface area (Å²) in [5.74, 6) is 0.659. The molecule has 2 aromatic carbocycles. The Balaban J connectivity index is 1.70. The van der Waals surface area contributed by atoms with E-state index in [1.165, 1.54) is 0 Å². The third-order valence-electron chi connectivity index (χ3n) is 3.41. The first-order valence-electron chi connectivity index (χ1n) is 6.82. The first kappa shape index (κ1) is 13.0. The molecule has 0 saturated heterocycles. The van der Waals surface area contributed by atoms with Crippen molar-refractivity contribution in [3.05, 3.63) is 48.0 Å². The Labute approximate surface area is 130 Å². The van der Waals surface area contributed by atoms with Gasteiger partial charge in [0.25, 0.3) is 0 Å². The van der Waals surface area contributed by atoms with E-state index < -0.39 is 0 Å². The molecule has 0 aliphatic carbocycles. The summed E-state index contributed by atoms with van der Waals surface area (Å²) >= 11 is 1.57. The fraction of sp³-hybridized carbons (Fsp3) is 0.0625. The van der Waals surface area contributed by atoms with Crippen LogP contribution in [0.25, 0.3) is 21.3 Å². The van der Waals surface area contributed by atoms with Gasteiger partial charge in [0.1, 0.15) is 0 Å². The van der Waals surface area contributed by atoms with Gasteiger partial charge in [-0.25, -0.2) is 9.97 Å². The molecule has 2 aromatic heterocycles. The molecule has 6 heteroatoms. The SMILES string of the molecule is CC(=O)c1ccc2nc(Nc3nc4ccccc4s3)[nH]c2c1. The van der Waals surface area contributed by atoms with Gasteiger partial charge in [-0.3, -0.25) is 4.79 Å². The smallest absolute Gasteiger partial charge is 0.207 e. The predicted molar refractivity (Wildman–Crippen MR) is 89.0 cm³/mol. The van der Waals surface area contributed by atoms with Crippen LogP contribution in [0.2, 0.25) is 0 Å². The highest BCUT2D eigenvalue weighted by Crippen LogP contribution is 2.28. The van der Waals surface area contributed by atoms with Crippen molar-refractivity contribution in [1.29, 1.82) is 0 Å². The predicted octanol–water partition coefficient (Wildman–Crippen LogP) is 4.12. The van der Waals surface area contributed by atoms with Gasteiger partial charge >= 0.3 is 0 Å². The Morgan fingerprint density at radius 1 is 1.14 bits per heavy atom. The van der Waals surface area contributed by atoms with Gasteiger partial charge in [0.15, 0.2) is 10.9 Å². The van der Waals surface area contributed by atoms with Crippen LogP contribution in [-0.2, 0) is 0 Å². The minimum Gasteiger partial charge on any atom is -0.324 e. The lowest BCUT2D eigenvalue weighted by atomic mass is 10.1. The van der Waals surface area contributed by atoms with Gasteiger partial charge in [-0.1, -0.05) is 23.5 Å². The Morgan fingerprint density at radius 3 is 2.82 bits per heavy atom. The van der Waals surface area contributed by atoms with Gasteiger partial charge in [-0.05, 0) is 37.3 Å². The first-order valence-corrected chi connectivity index (χ1v) is 7.64. The summed E-state index contributed by atoms with van der Waals surface area (Å²) in [5, 5.41) is 3.97. The molecule has 0 fully saturated rings. The van der Waals surface area contributed by atoms with Crippen molar-refractivity contribution in [1.82, 2.24) is 15.0 Å². The molecular weight excluding hydrogens is 296 g/mol. The van der Waals surface area contributed by atoms with E-state index in [2.05, 4.69) is 20.3 Å². The highest BCUT2D eigenvalue weighted by atomic mass is 32.1. The zero-order valence-electron chi connectivity index (χ0n) is 11.8. The quantitative estimate of drug-likeness (QED) is 0.559. The number of ketones is 1. The number of benzene rings is 2. The van der Waals surface area contributed by atoms with Crippen molar-refractivity contribution in [3.8, 4) is 0 Å². The van der Waals surface area contributed by atoms with E-state index in [-0.39, 0.29) is 5.78 Å². The second-order valence-corrected chi connectivity index (χ2v) is 6.02. The summed E-state index contributed by atoms with van der Waals surface area (Å²) in [4.78, 5) is 23.6. The number of para-hydroxylation sites is 1. The topological polar surface area (TPSA) is 70.7 Å². The van der Waals surface area contributed by atoms with Gasteiger partial charge in [0.2, 0.25) is 5.95 Å². The lowest BCUT2D eigenvalue weighted by Gasteiger charge is -1.95. The Bertz CT molecular complexity index is 969. The maximum Gasteiger partial charge on any atom is 0.207 e. The van der Waals surface area contributed by atoms with E-state index in [1.807, 2.05) is 36.4 Å². The van der Waals surface area contributed by atoms with Crippen LogP contribution in [-0.4, -0.2) is 20.7 Å². The second-order valence-electron chi connectivity index (χ2n) is 4.99. The summed E-state index contributed by atoms with van der Waals surface area (Å²) in [6.45, 7) is 1.55. The van der Waals surface area contributed by atoms with Crippen LogP contribution < -0.4 is 5.32 Å². The van der Waals surface area contributed by atoms with Crippen LogP contribution in [0.5, 0.6) is 0 Å². The number of Topliss-reactive ketones (excluding diaryl/α,β-unsaturated/α-hetero) is 1. The summed E-state index contributed by atoms with van der Waals surface area (Å²) in [7, 11) is 0. The molecule has 0 atom stereocenters. The molecule has 4 aromatic rings. The molecule has 108 valence electrons. The van der Waals surface area contributed by atoms with Gasteiger partial charge in [0, 0.05) is 5.56 Å². The number of thiazole rings is 1. The Hall–Kier alpha value is -2.73. The fourth-order valence-electron chi connectivity index (χ4n) is 2.31. The van der Waals surface area contributed by atoms with Crippen molar-refractivity contribution in [2.75, 3.05) is 5.32 Å². The number of nitrogens with one attached hydrogen (secondary N) is 2. The molecule has 2 heterocycles. The van der Waals surface area contributed by atoms with E-state index in [9.17, 15) is 4.79 Å². The summed E-state index contributed by atoms with van der Waals surface area (Å²) < 4.78 is 1.12. The van der Waals surface area contributed by atoms with E-state index >= 15 is 0 Å². The normalized spacial score (nSPS) is 11.1. The standard InChI is InChI=1S/C16H12N4OS/c1-9(21)10-6-7-11-13(8-10)18-15(17-11)20-16-19-12-4-2-3-5-14(12)22-16/h2-8H,1H3,(H2,17,18,19,20). The molecule has 0 aliphatic rings. The van der Waals surface area contributed by atoms with Crippen LogP contribution in [0, 0.1) is 0 Å². The largest absolute Gasteiger partial charge is 0.324 e. The molecule has 0 bridgehead atoms. The number of aromatic nitrogens is 3. The number of aromatic amines is 1. The first-order chi connectivity index (χ1) is 10.7. The van der Waals surface area contributed by atoms with Crippen LogP contribution in [0.3, 0.4) is 0 Å². The van der Waals surface area contributed by atoms with Gasteiger partial charge in [-0.2, -0.15) is 0 Å². The third-order valence-corrected chi connectivity index (χ3v) is 4.36. The number of carbonyl (C=O) groups excluding carboxylic acids is 1. The highest BCUT2D eigenvalue weighted by molar-refractivity contribution is 7.22. The molecular formula is C16H12N4OS. The minimum atomic E-state index is 0.0391. The lowest BCUT2D eigenvalue weighted by molar-refractivity contribution is 0.101. The third kappa shape index (κ3) is 2.23. The van der Waals surface area contributed by atoms with Gasteiger partial charge in [0.05, 0.1) is 21.3 Å². The van der Waals surface area contributed by atoms with Crippen molar-refractivity contribution < 1.29 is 4.79 Å². The fourth-order valence-corrected chi connectivity index (χ4v) is 3.18. The van der Waals surface area contributed by atoms with Crippen LogP contribution in [0.1, 0.15) is 17.3 Å². The molecule has 0 amide bonds. The number of rotatable bonds is 3. The van der Waals surface area contributed by atoms with Crippen molar-refractivity contribution in [2.24, 2.45) is 0 Å². The number of anilines is 2. The minimum absolute atomic E-state index is 0.0391. The van der Waals surface area contributed by atoms with Crippen molar-refractivity contribution in [2.45, 2.75) is 6.92 Å². The second kappa shape index (κ2) is 4.92. The van der Waals surface area contributed by atoms with Crippen LogP contribution in [0.15, 0.2) is 42.5 Å². The summed E-state index contributed by atoms with van der Waals surface area (Å²) in [6.07, 6.45) is 0. The van der Waals surface area contributed by atoms with E-state index in [1.54, 1.807) is 24.3 Å². The molecule has 22 heavy (non-hydrogen) atoms. The molecule has 2 N–H and O–H groups in total. The van der Waals surface area contributed by atoms with Crippen molar-refractivity contribution >= 4 is 49.4 Å². The van der Waals surface area contributed by atoms with Gasteiger partial charge in [-0.15, -0.1) is 0 Å². The van der Waals surface area contributed by atoms with E-state index in [0.717, 1.165) is 26.4 Å². The maximum atomic E-state index is 11.4. The number of fused-ring (bicyclic) bond motifs is 2. The van der Waals surface area contributed by atoms with Crippen LogP contribution >= 0.6 is 11.3 Å². The molecule has 0 saturated carbocycles. The zero-order chi connectivity index (χ0) is 15.1. The van der Waals surface area contributed by atoms with Gasteiger partial charge < -0.3 is 10.3 Å². The summed E-state index contributed by atoms with van der Waals surface area (Å²) in [6, 6.07) is 13.4. The lowest BCUT2D eigenvalue weighted by Crippen LogP contribution is -1.91. The molecule has 5 nitrogen and oxygen atoms in total. The average molecular weight is 308 g/mol. The van der Waals surface area contributed by atoms with E-state index in [4.69, 9.17) is 0 Å². The Kier molecular flexibility index (Phi) is 2.90. The molecule has 0 unspecified atom stereocenters. The number of carbonyl (C=O) groups is 1. The summed E-state index contributed by atoms with van der Waals surface area (Å²) in [5.41, 5.74) is 3.28. The molecule has 4 rings (SSSR count). The number of imidazole rings is 1. The van der Waals surface area contributed by atoms with Crippen LogP contribution in [0.4, 0.5) is 11.1 Å². The zero-order valence-corrected chi connectivity index (χ0v) is 12.6. The number of hydrogen-bond donors (Lipinski definition) is 2. The number of H-pyrrole nitrogens is 1. The number of hydrogen-bond acceptors (Lipinski definition) is 5. The molecule has 0 spiro atoms. The highest BCUT2D eigenvalue weighted by Gasteiger charge is 2.08. The van der Waals surface area contributed by atoms with E-state index in [0.29, 0.717) is 11.5 Å². The molecule has 0 radical (unpaired) electrons. The maximum absolute atomic E-state index is 11.4. The monoisotopic (exact) mass is 308 g/mol.